The Hall–Kier alpha value is -1.69. The zero-order valence-corrected chi connectivity index (χ0v) is 13.7. The Kier molecular flexibility index (Phi) is 5.34. The first-order valence-corrected chi connectivity index (χ1v) is 8.11. The third kappa shape index (κ3) is 3.94. The maximum Gasteiger partial charge on any atom is 0.330 e. The van der Waals surface area contributed by atoms with Crippen molar-refractivity contribution in [2.75, 3.05) is 5.32 Å². The number of anilines is 1. The predicted octanol–water partition coefficient (Wildman–Crippen LogP) is 5.46. The summed E-state index contributed by atoms with van der Waals surface area (Å²) in [6.45, 7) is 5.95. The number of thiophene rings is 1. The average molecular weight is 326 g/mol. The summed E-state index contributed by atoms with van der Waals surface area (Å²) in [5.41, 5.74) is 1.12. The van der Waals surface area contributed by atoms with Gasteiger partial charge in [-0.05, 0) is 43.2 Å². The van der Waals surface area contributed by atoms with Crippen LogP contribution in [0.15, 0.2) is 23.7 Å². The van der Waals surface area contributed by atoms with Crippen molar-refractivity contribution in [3.8, 4) is 0 Å². The molecule has 0 spiro atoms. The quantitative estimate of drug-likeness (QED) is 0.777. The lowest BCUT2D eigenvalue weighted by Crippen LogP contribution is -2.20. The van der Waals surface area contributed by atoms with E-state index in [4.69, 9.17) is 0 Å². The molecule has 1 N–H and O–H groups in total. The Morgan fingerprint density at radius 2 is 2.14 bits per heavy atom. The highest BCUT2D eigenvalue weighted by Gasteiger charge is 2.16. The standard InChI is InChI=1S/C16H20F2N2OS/c1-10(2)4-5-14-13(6-7-22-14)19-16(21)20-9-12(15(17)18)8-11(20)3/h6-10,15H,4-5H2,1-3H3,(H,19,21). The molecule has 2 aromatic heterocycles. The van der Waals surface area contributed by atoms with Gasteiger partial charge in [0.05, 0.1) is 5.69 Å². The Bertz CT molecular complexity index is 646. The highest BCUT2D eigenvalue weighted by Crippen LogP contribution is 2.26. The van der Waals surface area contributed by atoms with Crippen molar-refractivity contribution < 1.29 is 13.6 Å². The van der Waals surface area contributed by atoms with Crippen LogP contribution in [0.2, 0.25) is 0 Å². The SMILES string of the molecule is Cc1cc(C(F)F)cn1C(=O)Nc1ccsc1CCC(C)C. The van der Waals surface area contributed by atoms with Crippen LogP contribution < -0.4 is 5.32 Å². The average Bonchev–Trinajstić information content (AvgIpc) is 3.03. The molecular weight excluding hydrogens is 306 g/mol. The van der Waals surface area contributed by atoms with Crippen LogP contribution in [0.3, 0.4) is 0 Å². The Balaban J connectivity index is 2.11. The fraction of sp³-hybridized carbons (Fsp3) is 0.438. The molecule has 0 aliphatic rings. The molecule has 0 atom stereocenters. The summed E-state index contributed by atoms with van der Waals surface area (Å²) >= 11 is 1.60. The molecule has 0 fully saturated rings. The molecule has 2 aromatic rings. The number of carbonyl (C=O) groups is 1. The van der Waals surface area contributed by atoms with E-state index in [0.717, 1.165) is 23.4 Å². The second-order valence-corrected chi connectivity index (χ2v) is 6.71. The van der Waals surface area contributed by atoms with Crippen molar-refractivity contribution in [3.63, 3.8) is 0 Å². The van der Waals surface area contributed by atoms with Gasteiger partial charge in [0.2, 0.25) is 0 Å². The van der Waals surface area contributed by atoms with E-state index in [1.54, 1.807) is 18.3 Å². The molecule has 0 aliphatic heterocycles. The Labute approximate surface area is 133 Å². The Morgan fingerprint density at radius 3 is 2.73 bits per heavy atom. The zero-order chi connectivity index (χ0) is 16.3. The molecule has 0 radical (unpaired) electrons. The number of aryl methyl sites for hydroxylation is 2. The first-order chi connectivity index (χ1) is 10.4. The molecule has 0 aromatic carbocycles. The van der Waals surface area contributed by atoms with E-state index < -0.39 is 12.5 Å². The lowest BCUT2D eigenvalue weighted by molar-refractivity contribution is 0.151. The maximum atomic E-state index is 12.7. The van der Waals surface area contributed by atoms with Crippen LogP contribution in [-0.2, 0) is 6.42 Å². The lowest BCUT2D eigenvalue weighted by Gasteiger charge is -2.09. The topological polar surface area (TPSA) is 34.0 Å². The third-order valence-electron chi connectivity index (χ3n) is 3.44. The summed E-state index contributed by atoms with van der Waals surface area (Å²) < 4.78 is 26.6. The minimum atomic E-state index is -2.57. The molecule has 0 saturated heterocycles. The highest BCUT2D eigenvalue weighted by molar-refractivity contribution is 7.10. The molecule has 0 saturated carbocycles. The van der Waals surface area contributed by atoms with Gasteiger partial charge in [-0.15, -0.1) is 11.3 Å². The number of aromatic nitrogens is 1. The summed E-state index contributed by atoms with van der Waals surface area (Å²) in [4.78, 5) is 13.4. The fourth-order valence-electron chi connectivity index (χ4n) is 2.18. The number of alkyl halides is 2. The van der Waals surface area contributed by atoms with Crippen molar-refractivity contribution in [2.24, 2.45) is 5.92 Å². The highest BCUT2D eigenvalue weighted by atomic mass is 32.1. The van der Waals surface area contributed by atoms with Crippen molar-refractivity contribution in [2.45, 2.75) is 40.0 Å². The van der Waals surface area contributed by atoms with Gasteiger partial charge in [-0.2, -0.15) is 0 Å². The first kappa shape index (κ1) is 16.7. The second-order valence-electron chi connectivity index (χ2n) is 5.71. The molecule has 6 heteroatoms. The monoisotopic (exact) mass is 326 g/mol. The molecule has 0 aliphatic carbocycles. The number of carbonyl (C=O) groups excluding carboxylic acids is 1. The summed E-state index contributed by atoms with van der Waals surface area (Å²) in [5, 5.41) is 4.74. The van der Waals surface area contributed by atoms with E-state index in [1.807, 2.05) is 11.4 Å². The number of nitrogens with zero attached hydrogens (tertiary/aromatic N) is 1. The van der Waals surface area contributed by atoms with E-state index in [2.05, 4.69) is 19.2 Å². The Morgan fingerprint density at radius 1 is 1.41 bits per heavy atom. The number of rotatable bonds is 5. The maximum absolute atomic E-state index is 12.7. The van der Waals surface area contributed by atoms with Gasteiger partial charge in [0.15, 0.2) is 0 Å². The number of hydrogen-bond acceptors (Lipinski definition) is 2. The largest absolute Gasteiger partial charge is 0.330 e. The number of amides is 1. The minimum absolute atomic E-state index is 0.141. The molecule has 120 valence electrons. The lowest BCUT2D eigenvalue weighted by atomic mass is 10.1. The molecule has 22 heavy (non-hydrogen) atoms. The van der Waals surface area contributed by atoms with Gasteiger partial charge in [-0.25, -0.2) is 13.6 Å². The van der Waals surface area contributed by atoms with Crippen LogP contribution in [-0.4, -0.2) is 10.6 Å². The van der Waals surface area contributed by atoms with Gasteiger partial charge in [-0.3, -0.25) is 4.57 Å². The molecule has 2 heterocycles. The molecule has 3 nitrogen and oxygen atoms in total. The van der Waals surface area contributed by atoms with Crippen LogP contribution >= 0.6 is 11.3 Å². The smallest absolute Gasteiger partial charge is 0.306 e. The zero-order valence-electron chi connectivity index (χ0n) is 12.9. The van der Waals surface area contributed by atoms with Crippen molar-refractivity contribution in [3.05, 3.63) is 39.8 Å². The van der Waals surface area contributed by atoms with Gasteiger partial charge in [0.1, 0.15) is 0 Å². The van der Waals surface area contributed by atoms with E-state index in [1.165, 1.54) is 16.8 Å². The van der Waals surface area contributed by atoms with Crippen LogP contribution in [0.5, 0.6) is 0 Å². The van der Waals surface area contributed by atoms with E-state index >= 15 is 0 Å². The third-order valence-corrected chi connectivity index (χ3v) is 4.42. The van der Waals surface area contributed by atoms with Gasteiger partial charge in [0, 0.05) is 22.3 Å². The van der Waals surface area contributed by atoms with Crippen molar-refractivity contribution >= 4 is 23.1 Å². The molecule has 2 rings (SSSR count). The summed E-state index contributed by atoms with van der Waals surface area (Å²) in [6.07, 6.45) is 0.560. The number of nitrogens with one attached hydrogen (secondary N) is 1. The van der Waals surface area contributed by atoms with Gasteiger partial charge >= 0.3 is 6.03 Å². The van der Waals surface area contributed by atoms with E-state index in [0.29, 0.717) is 11.6 Å². The van der Waals surface area contributed by atoms with Gasteiger partial charge in [-0.1, -0.05) is 13.8 Å². The van der Waals surface area contributed by atoms with Crippen molar-refractivity contribution in [1.29, 1.82) is 0 Å². The first-order valence-electron chi connectivity index (χ1n) is 7.23. The normalized spacial score (nSPS) is 11.4. The van der Waals surface area contributed by atoms with Gasteiger partial charge in [0.25, 0.3) is 6.43 Å². The molecule has 0 unspecified atom stereocenters. The molecule has 1 amide bonds. The minimum Gasteiger partial charge on any atom is -0.306 e. The fourth-order valence-corrected chi connectivity index (χ4v) is 3.03. The molecule has 0 bridgehead atoms. The van der Waals surface area contributed by atoms with Crippen LogP contribution in [0.4, 0.5) is 19.3 Å². The number of halogens is 2. The summed E-state index contributed by atoms with van der Waals surface area (Å²) in [5.74, 6) is 0.589. The van der Waals surface area contributed by atoms with Crippen LogP contribution in [0, 0.1) is 12.8 Å². The van der Waals surface area contributed by atoms with Crippen LogP contribution in [0.1, 0.15) is 42.8 Å². The molecular formula is C16H20F2N2OS. The summed E-state index contributed by atoms with van der Waals surface area (Å²) in [6, 6.07) is 2.77. The van der Waals surface area contributed by atoms with Crippen LogP contribution in [0.25, 0.3) is 0 Å². The number of hydrogen-bond donors (Lipinski definition) is 1. The van der Waals surface area contributed by atoms with Gasteiger partial charge < -0.3 is 5.32 Å². The second kappa shape index (κ2) is 7.05. The van der Waals surface area contributed by atoms with Crippen molar-refractivity contribution in [1.82, 2.24) is 4.57 Å². The van der Waals surface area contributed by atoms with E-state index in [-0.39, 0.29) is 5.56 Å². The van der Waals surface area contributed by atoms with E-state index in [9.17, 15) is 13.6 Å². The predicted molar refractivity (Wildman–Crippen MR) is 86.0 cm³/mol. The summed E-state index contributed by atoms with van der Waals surface area (Å²) in [7, 11) is 0.